The van der Waals surface area contributed by atoms with Crippen LogP contribution in [-0.4, -0.2) is 22.5 Å². The molecule has 30 heavy (non-hydrogen) atoms. The first-order chi connectivity index (χ1) is 14.5. The van der Waals surface area contributed by atoms with Crippen molar-refractivity contribution in [2.24, 2.45) is 0 Å². The Labute approximate surface area is 187 Å². The van der Waals surface area contributed by atoms with Crippen LogP contribution >= 0.6 is 34.5 Å². The van der Waals surface area contributed by atoms with Crippen molar-refractivity contribution in [1.82, 2.24) is 9.97 Å². The third kappa shape index (κ3) is 4.41. The van der Waals surface area contributed by atoms with E-state index in [2.05, 4.69) is 9.97 Å². The monoisotopic (exact) mass is 457 g/mol. The van der Waals surface area contributed by atoms with Crippen LogP contribution in [0.3, 0.4) is 0 Å². The Hall–Kier alpha value is -2.67. The average molecular weight is 458 g/mol. The summed E-state index contributed by atoms with van der Waals surface area (Å²) in [7, 11) is 0. The lowest BCUT2D eigenvalue weighted by Gasteiger charge is -2.20. The first kappa shape index (κ1) is 20.6. The molecule has 2 heterocycles. The zero-order valence-corrected chi connectivity index (χ0v) is 18.3. The predicted molar refractivity (Wildman–Crippen MR) is 122 cm³/mol. The molecule has 0 saturated heterocycles. The molecule has 2 aromatic heterocycles. The normalized spacial score (nSPS) is 10.9. The highest BCUT2D eigenvalue weighted by Gasteiger charge is 2.24. The summed E-state index contributed by atoms with van der Waals surface area (Å²) in [5.74, 6) is 0.485. The zero-order chi connectivity index (χ0) is 21.1. The molecule has 0 aliphatic rings. The van der Waals surface area contributed by atoms with Crippen LogP contribution < -0.4 is 9.64 Å². The van der Waals surface area contributed by atoms with Crippen molar-refractivity contribution >= 4 is 55.8 Å². The van der Waals surface area contributed by atoms with Crippen LogP contribution in [0.5, 0.6) is 5.75 Å². The van der Waals surface area contributed by atoms with Crippen molar-refractivity contribution in [3.8, 4) is 5.75 Å². The quantitative estimate of drug-likeness (QED) is 0.343. The SMILES string of the molecule is CCOc1ccc2nc(N(Cc3cccnc3)C(=O)c3cc(Cl)ccc3Cl)sc2c1. The van der Waals surface area contributed by atoms with Gasteiger partial charge in [0.2, 0.25) is 0 Å². The van der Waals surface area contributed by atoms with Gasteiger partial charge in [-0.05, 0) is 55.0 Å². The predicted octanol–water partition coefficient (Wildman–Crippen LogP) is 6.24. The van der Waals surface area contributed by atoms with Crippen LogP contribution in [0.1, 0.15) is 22.8 Å². The van der Waals surface area contributed by atoms with E-state index in [0.29, 0.717) is 33.9 Å². The largest absolute Gasteiger partial charge is 0.494 e. The molecular formula is C22H17Cl2N3O2S. The van der Waals surface area contributed by atoms with Crippen LogP contribution in [0, 0.1) is 0 Å². The maximum absolute atomic E-state index is 13.5. The second-order valence-corrected chi connectivity index (χ2v) is 8.29. The van der Waals surface area contributed by atoms with Crippen LogP contribution in [0.25, 0.3) is 10.2 Å². The number of hydrogen-bond donors (Lipinski definition) is 0. The zero-order valence-electron chi connectivity index (χ0n) is 16.0. The van der Waals surface area contributed by atoms with Gasteiger partial charge >= 0.3 is 0 Å². The molecule has 0 fully saturated rings. The summed E-state index contributed by atoms with van der Waals surface area (Å²) < 4.78 is 6.51. The molecule has 8 heteroatoms. The van der Waals surface area contributed by atoms with Gasteiger partial charge in [0.25, 0.3) is 5.91 Å². The molecule has 4 rings (SSSR count). The van der Waals surface area contributed by atoms with E-state index in [9.17, 15) is 4.79 Å². The van der Waals surface area contributed by atoms with Crippen LogP contribution in [0.4, 0.5) is 5.13 Å². The number of amides is 1. The highest BCUT2D eigenvalue weighted by atomic mass is 35.5. The lowest BCUT2D eigenvalue weighted by atomic mass is 10.2. The number of nitrogens with zero attached hydrogens (tertiary/aromatic N) is 3. The van der Waals surface area contributed by atoms with Gasteiger partial charge in [-0.25, -0.2) is 4.98 Å². The van der Waals surface area contributed by atoms with E-state index < -0.39 is 0 Å². The summed E-state index contributed by atoms with van der Waals surface area (Å²) >= 11 is 13.8. The molecule has 0 bridgehead atoms. The first-order valence-electron chi connectivity index (χ1n) is 9.24. The molecule has 0 aliphatic carbocycles. The number of thiazole rings is 1. The molecule has 0 aliphatic heterocycles. The van der Waals surface area contributed by atoms with E-state index in [4.69, 9.17) is 27.9 Å². The molecule has 1 amide bonds. The number of halogens is 2. The number of rotatable bonds is 6. The summed E-state index contributed by atoms with van der Waals surface area (Å²) in [5, 5.41) is 1.33. The Balaban J connectivity index is 1.77. The minimum Gasteiger partial charge on any atom is -0.494 e. The van der Waals surface area contributed by atoms with Gasteiger partial charge in [-0.1, -0.05) is 40.6 Å². The smallest absolute Gasteiger partial charge is 0.261 e. The molecule has 5 nitrogen and oxygen atoms in total. The molecule has 0 unspecified atom stereocenters. The van der Waals surface area contributed by atoms with Gasteiger partial charge in [-0.15, -0.1) is 0 Å². The number of anilines is 1. The van der Waals surface area contributed by atoms with Gasteiger partial charge < -0.3 is 4.74 Å². The third-order valence-electron chi connectivity index (χ3n) is 4.36. The van der Waals surface area contributed by atoms with E-state index in [-0.39, 0.29) is 5.91 Å². The van der Waals surface area contributed by atoms with Gasteiger partial charge in [0.15, 0.2) is 5.13 Å². The minimum atomic E-state index is -0.282. The maximum Gasteiger partial charge on any atom is 0.261 e. The van der Waals surface area contributed by atoms with E-state index in [1.54, 1.807) is 35.5 Å². The van der Waals surface area contributed by atoms with Gasteiger partial charge in [-0.3, -0.25) is 14.7 Å². The molecule has 0 saturated carbocycles. The second-order valence-electron chi connectivity index (χ2n) is 6.44. The van der Waals surface area contributed by atoms with E-state index >= 15 is 0 Å². The summed E-state index contributed by atoms with van der Waals surface area (Å²) in [6.07, 6.45) is 3.41. The molecule has 152 valence electrons. The fourth-order valence-corrected chi connectivity index (χ4v) is 4.33. The Morgan fingerprint density at radius 1 is 1.17 bits per heavy atom. The Bertz CT molecular complexity index is 1200. The lowest BCUT2D eigenvalue weighted by Crippen LogP contribution is -2.30. The third-order valence-corrected chi connectivity index (χ3v) is 5.96. The topological polar surface area (TPSA) is 55.3 Å². The summed E-state index contributed by atoms with van der Waals surface area (Å²) in [5.41, 5.74) is 1.99. The van der Waals surface area contributed by atoms with Gasteiger partial charge in [0.05, 0.1) is 34.0 Å². The van der Waals surface area contributed by atoms with E-state index in [0.717, 1.165) is 21.5 Å². The number of aromatic nitrogens is 2. The fourth-order valence-electron chi connectivity index (χ4n) is 2.97. The second kappa shape index (κ2) is 9.00. The van der Waals surface area contributed by atoms with Crippen molar-refractivity contribution in [2.75, 3.05) is 11.5 Å². The number of carbonyl (C=O) groups excluding carboxylic acids is 1. The molecular weight excluding hydrogens is 441 g/mol. The minimum absolute atomic E-state index is 0.282. The Kier molecular flexibility index (Phi) is 6.18. The molecule has 0 radical (unpaired) electrons. The van der Waals surface area contributed by atoms with Gasteiger partial charge in [-0.2, -0.15) is 0 Å². The van der Waals surface area contributed by atoms with Crippen LogP contribution in [-0.2, 0) is 6.54 Å². The van der Waals surface area contributed by atoms with Crippen LogP contribution in [0.15, 0.2) is 60.9 Å². The van der Waals surface area contributed by atoms with Gasteiger partial charge in [0.1, 0.15) is 5.75 Å². The van der Waals surface area contributed by atoms with E-state index in [1.165, 1.54) is 11.3 Å². The first-order valence-corrected chi connectivity index (χ1v) is 10.8. The van der Waals surface area contributed by atoms with Crippen molar-refractivity contribution in [3.05, 3.63) is 82.1 Å². The Morgan fingerprint density at radius 2 is 2.03 bits per heavy atom. The molecule has 0 N–H and O–H groups in total. The van der Waals surface area contributed by atoms with Crippen molar-refractivity contribution in [3.63, 3.8) is 0 Å². The number of pyridine rings is 1. The molecule has 4 aromatic rings. The van der Waals surface area contributed by atoms with Gasteiger partial charge in [0, 0.05) is 17.4 Å². The van der Waals surface area contributed by atoms with Crippen molar-refractivity contribution < 1.29 is 9.53 Å². The van der Waals surface area contributed by atoms with E-state index in [1.807, 2.05) is 37.3 Å². The molecule has 2 aromatic carbocycles. The standard InChI is InChI=1S/C22H17Cl2N3O2S/c1-2-29-16-6-8-19-20(11-16)30-22(26-19)27(13-14-4-3-9-25-12-14)21(28)17-10-15(23)5-7-18(17)24/h3-12H,2,13H2,1H3. The summed E-state index contributed by atoms with van der Waals surface area (Å²) in [6, 6.07) is 14.3. The molecule has 0 spiro atoms. The highest BCUT2D eigenvalue weighted by Crippen LogP contribution is 2.34. The van der Waals surface area contributed by atoms with Crippen molar-refractivity contribution in [2.45, 2.75) is 13.5 Å². The van der Waals surface area contributed by atoms with Crippen LogP contribution in [0.2, 0.25) is 10.0 Å². The van der Waals surface area contributed by atoms with Crippen molar-refractivity contribution in [1.29, 1.82) is 0 Å². The lowest BCUT2D eigenvalue weighted by molar-refractivity contribution is 0.0985. The number of hydrogen-bond acceptors (Lipinski definition) is 5. The average Bonchev–Trinajstić information content (AvgIpc) is 3.17. The number of benzene rings is 2. The number of ether oxygens (including phenoxy) is 1. The number of carbonyl (C=O) groups is 1. The highest BCUT2D eigenvalue weighted by molar-refractivity contribution is 7.22. The summed E-state index contributed by atoms with van der Waals surface area (Å²) in [4.78, 5) is 23.9. The Morgan fingerprint density at radius 3 is 2.80 bits per heavy atom. The number of fused-ring (bicyclic) bond motifs is 1. The molecule has 0 atom stereocenters. The summed E-state index contributed by atoms with van der Waals surface area (Å²) in [6.45, 7) is 2.81. The fraction of sp³-hybridized carbons (Fsp3) is 0.136. The maximum atomic E-state index is 13.5.